The number of nitrogens with zero attached hydrogens (tertiary/aromatic N) is 12. The minimum Gasteiger partial charge on any atom is -0.355 e. The lowest BCUT2D eigenvalue weighted by atomic mass is 10.2. The first kappa shape index (κ1) is 44.9. The molecule has 0 aliphatic rings. The standard InChI is InChI=1S/C42H47N17O4/c1-43-19-7-3-4-8-20-45-40(61)28-12-16-33(49-24-28)37-56-58-38(59-57-37)34-18-14-30(26-51-34)42(63)47-22-10-6-5-9-21-46-41(62)29-13-17-32(50-25-29)36-54-52-35(53-55-36)31-15-11-27(23-48-31)39(60)44-2/h11-18,23-26,43H,3-10,19-22H2,1-2H3,(H,44,60)(H,45,61)(H,46,62)(H,47,63). The first-order valence-electron chi connectivity index (χ1n) is 20.5. The number of aromatic nitrogens is 12. The summed E-state index contributed by atoms with van der Waals surface area (Å²) in [5, 5.41) is 47.2. The Hall–Kier alpha value is -7.68. The molecule has 0 unspecified atom stereocenters. The third kappa shape index (κ3) is 13.2. The highest BCUT2D eigenvalue weighted by Gasteiger charge is 2.14. The maximum absolute atomic E-state index is 12.7. The minimum atomic E-state index is -0.256. The Morgan fingerprint density at radius 2 is 0.635 bits per heavy atom. The first-order valence-corrected chi connectivity index (χ1v) is 20.5. The van der Waals surface area contributed by atoms with Gasteiger partial charge in [0.1, 0.15) is 22.8 Å². The predicted octanol–water partition coefficient (Wildman–Crippen LogP) is 2.68. The maximum atomic E-state index is 12.7. The van der Waals surface area contributed by atoms with Crippen LogP contribution in [-0.2, 0) is 0 Å². The molecule has 0 aliphatic carbocycles. The van der Waals surface area contributed by atoms with E-state index in [-0.39, 0.29) is 46.9 Å². The van der Waals surface area contributed by atoms with Crippen LogP contribution in [0.15, 0.2) is 73.3 Å². The quantitative estimate of drug-likeness (QED) is 0.0614. The van der Waals surface area contributed by atoms with Gasteiger partial charge in [-0.25, -0.2) is 0 Å². The summed E-state index contributed by atoms with van der Waals surface area (Å²) in [6, 6.07) is 13.0. The molecule has 5 N–H and O–H groups in total. The summed E-state index contributed by atoms with van der Waals surface area (Å²) >= 11 is 0. The van der Waals surface area contributed by atoms with Gasteiger partial charge in [-0.15, -0.1) is 40.8 Å². The molecule has 0 saturated heterocycles. The van der Waals surface area contributed by atoms with E-state index in [2.05, 4.69) is 87.3 Å². The number of amides is 4. The molecule has 6 aromatic heterocycles. The van der Waals surface area contributed by atoms with Gasteiger partial charge in [0.15, 0.2) is 0 Å². The van der Waals surface area contributed by atoms with E-state index >= 15 is 0 Å². The third-order valence-electron chi connectivity index (χ3n) is 9.52. The van der Waals surface area contributed by atoms with E-state index in [0.717, 1.165) is 57.9 Å². The molecule has 6 rings (SSSR count). The fourth-order valence-electron chi connectivity index (χ4n) is 5.95. The zero-order chi connectivity index (χ0) is 44.2. The largest absolute Gasteiger partial charge is 0.355 e. The lowest BCUT2D eigenvalue weighted by Crippen LogP contribution is -2.25. The van der Waals surface area contributed by atoms with Gasteiger partial charge in [0, 0.05) is 51.5 Å². The SMILES string of the molecule is CNCCCCCCNC(=O)c1ccc(-c2nnc(-c3ccc(C(=O)NCCCCCCNC(=O)c4ccc(-c5nnc(-c6ccc(C(=O)NC)cn6)nn5)nc4)cn3)nn2)nc1. The average Bonchev–Trinajstić information content (AvgIpc) is 3.34. The van der Waals surface area contributed by atoms with E-state index < -0.39 is 0 Å². The van der Waals surface area contributed by atoms with E-state index in [0.29, 0.717) is 64.7 Å². The van der Waals surface area contributed by atoms with Crippen LogP contribution >= 0.6 is 0 Å². The summed E-state index contributed by atoms with van der Waals surface area (Å²) in [4.78, 5) is 66.6. The van der Waals surface area contributed by atoms with Crippen LogP contribution in [-0.4, -0.2) is 125 Å². The van der Waals surface area contributed by atoms with Crippen molar-refractivity contribution in [1.29, 1.82) is 0 Å². The van der Waals surface area contributed by atoms with E-state index in [1.165, 1.54) is 31.8 Å². The molecule has 0 spiro atoms. The summed E-state index contributed by atoms with van der Waals surface area (Å²) in [5.74, 6) is -0.198. The van der Waals surface area contributed by atoms with E-state index in [4.69, 9.17) is 0 Å². The van der Waals surface area contributed by atoms with Crippen molar-refractivity contribution in [3.63, 3.8) is 0 Å². The van der Waals surface area contributed by atoms with Gasteiger partial charge in [-0.3, -0.25) is 39.1 Å². The van der Waals surface area contributed by atoms with Crippen LogP contribution in [0, 0.1) is 0 Å². The second-order valence-electron chi connectivity index (χ2n) is 14.1. The molecule has 4 amide bonds. The van der Waals surface area contributed by atoms with Crippen LogP contribution in [0.2, 0.25) is 0 Å². The van der Waals surface area contributed by atoms with Gasteiger partial charge in [0.2, 0.25) is 23.3 Å². The van der Waals surface area contributed by atoms with Crippen molar-refractivity contribution >= 4 is 23.6 Å². The Kier molecular flexibility index (Phi) is 16.6. The van der Waals surface area contributed by atoms with Crippen molar-refractivity contribution in [3.05, 3.63) is 95.6 Å². The van der Waals surface area contributed by atoms with Crippen molar-refractivity contribution in [2.45, 2.75) is 51.4 Å². The van der Waals surface area contributed by atoms with Gasteiger partial charge in [-0.1, -0.05) is 25.7 Å². The normalized spacial score (nSPS) is 10.8. The number of unbranched alkanes of at least 4 members (excludes halogenated alkanes) is 6. The number of carbonyl (C=O) groups is 4. The van der Waals surface area contributed by atoms with Crippen LogP contribution in [0.4, 0.5) is 0 Å². The van der Waals surface area contributed by atoms with Gasteiger partial charge in [-0.05, 0) is 87.8 Å². The molecule has 6 heterocycles. The Bertz CT molecular complexity index is 2400. The van der Waals surface area contributed by atoms with Crippen molar-refractivity contribution in [2.24, 2.45) is 0 Å². The van der Waals surface area contributed by atoms with Crippen molar-refractivity contribution in [2.75, 3.05) is 40.3 Å². The molecule has 63 heavy (non-hydrogen) atoms. The van der Waals surface area contributed by atoms with Crippen LogP contribution in [0.25, 0.3) is 46.1 Å². The highest BCUT2D eigenvalue weighted by molar-refractivity contribution is 5.95. The minimum absolute atomic E-state index is 0.182. The highest BCUT2D eigenvalue weighted by Crippen LogP contribution is 2.16. The van der Waals surface area contributed by atoms with Gasteiger partial charge >= 0.3 is 0 Å². The Morgan fingerprint density at radius 3 is 0.873 bits per heavy atom. The number of hydrogen-bond acceptors (Lipinski definition) is 17. The molecular formula is C42H47N17O4. The van der Waals surface area contributed by atoms with Crippen LogP contribution in [0.5, 0.6) is 0 Å². The van der Waals surface area contributed by atoms with Crippen molar-refractivity contribution in [1.82, 2.24) is 87.3 Å². The molecule has 324 valence electrons. The number of rotatable bonds is 22. The molecule has 0 bridgehead atoms. The summed E-state index contributed by atoms with van der Waals surface area (Å²) in [7, 11) is 3.48. The molecule has 0 saturated carbocycles. The summed E-state index contributed by atoms with van der Waals surface area (Å²) in [6.07, 6.45) is 13.3. The fraction of sp³-hybridized carbons (Fsp3) is 0.333. The van der Waals surface area contributed by atoms with E-state index in [9.17, 15) is 19.2 Å². The lowest BCUT2D eigenvalue weighted by molar-refractivity contribution is 0.0943. The van der Waals surface area contributed by atoms with E-state index in [1.54, 1.807) is 48.5 Å². The number of carbonyl (C=O) groups excluding carboxylic acids is 4. The zero-order valence-corrected chi connectivity index (χ0v) is 34.9. The van der Waals surface area contributed by atoms with Crippen LogP contribution in [0.3, 0.4) is 0 Å². The highest BCUT2D eigenvalue weighted by atomic mass is 16.2. The molecule has 21 nitrogen and oxygen atoms in total. The number of nitrogens with one attached hydrogen (secondary N) is 5. The molecule has 21 heteroatoms. The molecule has 0 fully saturated rings. The molecule has 0 atom stereocenters. The number of hydrogen-bond donors (Lipinski definition) is 5. The Labute approximate surface area is 362 Å². The average molecular weight is 854 g/mol. The Balaban J connectivity index is 0.841. The maximum Gasteiger partial charge on any atom is 0.252 e. The lowest BCUT2D eigenvalue weighted by Gasteiger charge is -2.07. The summed E-state index contributed by atoms with van der Waals surface area (Å²) in [5.41, 5.74) is 3.23. The van der Waals surface area contributed by atoms with Crippen LogP contribution in [0.1, 0.15) is 92.8 Å². The van der Waals surface area contributed by atoms with Gasteiger partial charge in [0.05, 0.1) is 22.3 Å². The first-order chi connectivity index (χ1) is 30.8. The zero-order valence-electron chi connectivity index (χ0n) is 34.9. The fourth-order valence-corrected chi connectivity index (χ4v) is 5.95. The smallest absolute Gasteiger partial charge is 0.252 e. The topological polar surface area (TPSA) is 283 Å². The second-order valence-corrected chi connectivity index (χ2v) is 14.1. The summed E-state index contributed by atoms with van der Waals surface area (Å²) in [6.45, 7) is 2.58. The predicted molar refractivity (Wildman–Crippen MR) is 229 cm³/mol. The van der Waals surface area contributed by atoms with Crippen molar-refractivity contribution in [3.8, 4) is 46.1 Å². The van der Waals surface area contributed by atoms with Crippen molar-refractivity contribution < 1.29 is 19.2 Å². The van der Waals surface area contributed by atoms with Gasteiger partial charge < -0.3 is 26.6 Å². The Morgan fingerprint density at radius 1 is 0.365 bits per heavy atom. The third-order valence-corrected chi connectivity index (χ3v) is 9.52. The molecule has 6 aromatic rings. The monoisotopic (exact) mass is 853 g/mol. The van der Waals surface area contributed by atoms with E-state index in [1.807, 2.05) is 7.05 Å². The number of pyridine rings is 4. The van der Waals surface area contributed by atoms with Gasteiger partial charge in [-0.2, -0.15) is 0 Å². The van der Waals surface area contributed by atoms with Crippen LogP contribution < -0.4 is 26.6 Å². The summed E-state index contributed by atoms with van der Waals surface area (Å²) < 4.78 is 0. The molecular weight excluding hydrogens is 807 g/mol. The van der Waals surface area contributed by atoms with Gasteiger partial charge in [0.25, 0.3) is 23.6 Å². The molecule has 0 radical (unpaired) electrons. The molecule has 0 aromatic carbocycles. The molecule has 0 aliphatic heterocycles. The second kappa shape index (κ2) is 23.4.